The summed E-state index contributed by atoms with van der Waals surface area (Å²) in [5.74, 6) is 0.942. The fourth-order valence-corrected chi connectivity index (χ4v) is 3.57. The third-order valence-corrected chi connectivity index (χ3v) is 4.81. The molecule has 3 nitrogen and oxygen atoms in total. The minimum absolute atomic E-state index is 0. The van der Waals surface area contributed by atoms with Crippen molar-refractivity contribution < 1.29 is 9.18 Å². The molecule has 2 saturated heterocycles. The Bertz CT molecular complexity index is 514. The summed E-state index contributed by atoms with van der Waals surface area (Å²) < 4.78 is 13.6. The molecule has 1 N–H and O–H groups in total. The van der Waals surface area contributed by atoms with Gasteiger partial charge in [-0.05, 0) is 65.5 Å². The lowest BCUT2D eigenvalue weighted by Crippen LogP contribution is -2.43. The van der Waals surface area contributed by atoms with Gasteiger partial charge in [-0.15, -0.1) is 12.4 Å². The fourth-order valence-electron chi connectivity index (χ4n) is 3.05. The van der Waals surface area contributed by atoms with Gasteiger partial charge >= 0.3 is 0 Å². The second kappa shape index (κ2) is 6.41. The van der Waals surface area contributed by atoms with Crippen molar-refractivity contribution in [3.8, 4) is 0 Å². The van der Waals surface area contributed by atoms with Gasteiger partial charge in [-0.3, -0.25) is 4.79 Å². The summed E-state index contributed by atoms with van der Waals surface area (Å²) in [4.78, 5) is 14.4. The van der Waals surface area contributed by atoms with E-state index in [1.165, 1.54) is 12.1 Å². The van der Waals surface area contributed by atoms with Crippen molar-refractivity contribution in [3.05, 3.63) is 34.1 Å². The number of hydrogen-bond acceptors (Lipinski definition) is 2. The fraction of sp³-hybridized carbons (Fsp3) is 0.500. The maximum atomic E-state index is 13.1. The molecule has 3 rings (SSSR count). The molecule has 2 aliphatic rings. The SMILES string of the molecule is Cl.O=C(c1ccc(F)cc1Br)N1CCC2CNCC2C1. The maximum Gasteiger partial charge on any atom is 0.255 e. The number of piperidine rings is 1. The number of nitrogens with zero attached hydrogens (tertiary/aromatic N) is 1. The molecule has 0 aromatic heterocycles. The van der Waals surface area contributed by atoms with Crippen molar-refractivity contribution in [3.63, 3.8) is 0 Å². The number of halogens is 3. The van der Waals surface area contributed by atoms with Crippen molar-refractivity contribution in [1.29, 1.82) is 0 Å². The van der Waals surface area contributed by atoms with Gasteiger partial charge in [0.15, 0.2) is 0 Å². The smallest absolute Gasteiger partial charge is 0.255 e. The van der Waals surface area contributed by atoms with E-state index in [0.29, 0.717) is 21.9 Å². The molecular formula is C14H17BrClFN2O. The Hall–Kier alpha value is -0.650. The van der Waals surface area contributed by atoms with Gasteiger partial charge in [0, 0.05) is 17.6 Å². The highest BCUT2D eigenvalue weighted by Crippen LogP contribution is 2.28. The molecule has 2 aliphatic heterocycles. The van der Waals surface area contributed by atoms with Gasteiger partial charge < -0.3 is 10.2 Å². The molecule has 1 aromatic carbocycles. The van der Waals surface area contributed by atoms with E-state index < -0.39 is 0 Å². The number of rotatable bonds is 1. The minimum Gasteiger partial charge on any atom is -0.338 e. The summed E-state index contributed by atoms with van der Waals surface area (Å²) in [5, 5.41) is 3.39. The molecule has 0 spiro atoms. The lowest BCUT2D eigenvalue weighted by atomic mass is 9.88. The van der Waals surface area contributed by atoms with Gasteiger partial charge in [0.2, 0.25) is 0 Å². The van der Waals surface area contributed by atoms with E-state index in [0.717, 1.165) is 32.6 Å². The summed E-state index contributed by atoms with van der Waals surface area (Å²) in [5.41, 5.74) is 0.547. The molecule has 0 saturated carbocycles. The van der Waals surface area contributed by atoms with Gasteiger partial charge in [-0.2, -0.15) is 0 Å². The molecular weight excluding hydrogens is 347 g/mol. The third-order valence-electron chi connectivity index (χ3n) is 4.15. The largest absolute Gasteiger partial charge is 0.338 e. The maximum absolute atomic E-state index is 13.1. The van der Waals surface area contributed by atoms with Crippen LogP contribution in [0.4, 0.5) is 4.39 Å². The van der Waals surface area contributed by atoms with E-state index in [-0.39, 0.29) is 24.1 Å². The van der Waals surface area contributed by atoms with E-state index in [9.17, 15) is 9.18 Å². The first-order valence-electron chi connectivity index (χ1n) is 6.60. The van der Waals surface area contributed by atoms with Crippen LogP contribution < -0.4 is 5.32 Å². The van der Waals surface area contributed by atoms with E-state index in [2.05, 4.69) is 21.2 Å². The first-order valence-corrected chi connectivity index (χ1v) is 7.39. The highest BCUT2D eigenvalue weighted by atomic mass is 79.9. The number of likely N-dealkylation sites (tertiary alicyclic amines) is 1. The molecule has 6 heteroatoms. The molecule has 2 heterocycles. The standard InChI is InChI=1S/C14H16BrFN2O.ClH/c15-13-5-11(16)1-2-12(13)14(19)18-4-3-9-6-17-7-10(9)8-18;/h1-2,5,9-10,17H,3-4,6-8H2;1H. The van der Waals surface area contributed by atoms with Crippen LogP contribution in [-0.4, -0.2) is 37.0 Å². The molecule has 0 radical (unpaired) electrons. The Kier molecular flexibility index (Phi) is 5.04. The van der Waals surface area contributed by atoms with Crippen LogP contribution in [0.5, 0.6) is 0 Å². The van der Waals surface area contributed by atoms with Crippen LogP contribution in [0.1, 0.15) is 16.8 Å². The predicted octanol–water partition coefficient (Wildman–Crippen LogP) is 2.69. The average Bonchev–Trinajstić information content (AvgIpc) is 2.85. The molecule has 110 valence electrons. The first-order chi connectivity index (χ1) is 9.15. The Morgan fingerprint density at radius 2 is 2.10 bits per heavy atom. The number of amides is 1. The second-order valence-corrected chi connectivity index (χ2v) is 6.20. The summed E-state index contributed by atoms with van der Waals surface area (Å²) in [6.07, 6.45) is 1.06. The summed E-state index contributed by atoms with van der Waals surface area (Å²) in [7, 11) is 0. The second-order valence-electron chi connectivity index (χ2n) is 5.34. The van der Waals surface area contributed by atoms with Gasteiger partial charge in [-0.1, -0.05) is 0 Å². The third kappa shape index (κ3) is 3.00. The Labute approximate surface area is 132 Å². The quantitative estimate of drug-likeness (QED) is 0.832. The Morgan fingerprint density at radius 1 is 1.35 bits per heavy atom. The number of nitrogens with one attached hydrogen (secondary N) is 1. The van der Waals surface area contributed by atoms with Gasteiger partial charge in [-0.25, -0.2) is 4.39 Å². The molecule has 20 heavy (non-hydrogen) atoms. The van der Waals surface area contributed by atoms with Crippen LogP contribution in [0.2, 0.25) is 0 Å². The van der Waals surface area contributed by atoms with E-state index in [1.807, 2.05) is 4.90 Å². The van der Waals surface area contributed by atoms with E-state index in [1.54, 1.807) is 6.07 Å². The highest BCUT2D eigenvalue weighted by molar-refractivity contribution is 9.10. The summed E-state index contributed by atoms with van der Waals surface area (Å²) in [6.45, 7) is 3.68. The van der Waals surface area contributed by atoms with Crippen LogP contribution in [0, 0.1) is 17.7 Å². The zero-order valence-electron chi connectivity index (χ0n) is 10.9. The van der Waals surface area contributed by atoms with Crippen molar-refractivity contribution in [2.45, 2.75) is 6.42 Å². The van der Waals surface area contributed by atoms with Crippen LogP contribution >= 0.6 is 28.3 Å². The lowest BCUT2D eigenvalue weighted by Gasteiger charge is -2.34. The Morgan fingerprint density at radius 3 is 2.85 bits per heavy atom. The van der Waals surface area contributed by atoms with Gasteiger partial charge in [0.1, 0.15) is 5.82 Å². The van der Waals surface area contributed by atoms with Crippen molar-refractivity contribution >= 4 is 34.2 Å². The number of carbonyl (C=O) groups excluding carboxylic acids is 1. The van der Waals surface area contributed by atoms with Crippen molar-refractivity contribution in [2.75, 3.05) is 26.2 Å². The average molecular weight is 364 g/mol. The minimum atomic E-state index is -0.331. The van der Waals surface area contributed by atoms with Crippen LogP contribution in [0.3, 0.4) is 0 Å². The zero-order valence-corrected chi connectivity index (χ0v) is 13.3. The van der Waals surface area contributed by atoms with Gasteiger partial charge in [0.25, 0.3) is 5.91 Å². The van der Waals surface area contributed by atoms with Crippen molar-refractivity contribution in [2.24, 2.45) is 11.8 Å². The van der Waals surface area contributed by atoms with Crippen molar-refractivity contribution in [1.82, 2.24) is 10.2 Å². The van der Waals surface area contributed by atoms with E-state index in [4.69, 9.17) is 0 Å². The number of hydrogen-bond donors (Lipinski definition) is 1. The summed E-state index contributed by atoms with van der Waals surface area (Å²) in [6, 6.07) is 4.24. The normalized spacial score (nSPS) is 25.0. The molecule has 2 unspecified atom stereocenters. The predicted molar refractivity (Wildman–Crippen MR) is 81.7 cm³/mol. The molecule has 2 atom stereocenters. The first kappa shape index (κ1) is 15.7. The van der Waals surface area contributed by atoms with Gasteiger partial charge in [0.05, 0.1) is 5.56 Å². The van der Waals surface area contributed by atoms with E-state index >= 15 is 0 Å². The monoisotopic (exact) mass is 362 g/mol. The molecule has 2 fully saturated rings. The number of carbonyl (C=O) groups is 1. The Balaban J connectivity index is 0.00000147. The van der Waals surface area contributed by atoms with Crippen LogP contribution in [0.25, 0.3) is 0 Å². The molecule has 0 bridgehead atoms. The zero-order chi connectivity index (χ0) is 13.4. The van der Waals surface area contributed by atoms with Crippen LogP contribution in [0.15, 0.2) is 22.7 Å². The molecule has 1 aromatic rings. The highest BCUT2D eigenvalue weighted by Gasteiger charge is 2.34. The number of fused-ring (bicyclic) bond motifs is 1. The topological polar surface area (TPSA) is 32.3 Å². The molecule has 1 amide bonds. The summed E-state index contributed by atoms with van der Waals surface area (Å²) >= 11 is 3.27. The lowest BCUT2D eigenvalue weighted by molar-refractivity contribution is 0.0641. The van der Waals surface area contributed by atoms with Crippen LogP contribution in [-0.2, 0) is 0 Å². The number of benzene rings is 1. The molecule has 0 aliphatic carbocycles.